The highest BCUT2D eigenvalue weighted by molar-refractivity contribution is 6.49. The summed E-state index contributed by atoms with van der Waals surface area (Å²) in [6, 6.07) is 0. The van der Waals surface area contributed by atoms with Crippen molar-refractivity contribution in [3.05, 3.63) is 0 Å². The summed E-state index contributed by atoms with van der Waals surface area (Å²) < 4.78 is 0. The number of hydrogen-bond donors (Lipinski definition) is 0. The monoisotopic (exact) mass is 155 g/mol. The van der Waals surface area contributed by atoms with Gasteiger partial charge in [0.15, 0.2) is 0 Å². The fourth-order valence-electron chi connectivity index (χ4n) is 1.93. The van der Waals surface area contributed by atoms with Gasteiger partial charge in [-0.05, 0) is 47.7 Å². The lowest BCUT2D eigenvalue weighted by atomic mass is 9.83. The van der Waals surface area contributed by atoms with E-state index in [9.17, 15) is 0 Å². The molecule has 1 aliphatic rings. The molecule has 11 heavy (non-hydrogen) atoms. The Kier molecular flexibility index (Phi) is 2.93. The predicted octanol–water partition coefficient (Wildman–Crippen LogP) is -0.200. The van der Waals surface area contributed by atoms with E-state index in [1.807, 2.05) is 0 Å². The van der Waals surface area contributed by atoms with Gasteiger partial charge in [-0.25, -0.2) is 0 Å². The number of rotatable bonds is 1. The molecule has 0 radical (unpaired) electrons. The van der Waals surface area contributed by atoms with Gasteiger partial charge in [0.2, 0.25) is 0 Å². The smallest absolute Gasteiger partial charge is 0.319 e. The molecular weight excluding hydrogens is 137 g/mol. The van der Waals surface area contributed by atoms with E-state index < -0.39 is 0 Å². The van der Waals surface area contributed by atoms with Crippen molar-refractivity contribution in [2.24, 2.45) is 0 Å². The van der Waals surface area contributed by atoms with E-state index in [0.29, 0.717) is 7.12 Å². The Bertz CT molecular complexity index is 119. The van der Waals surface area contributed by atoms with Gasteiger partial charge in [-0.1, -0.05) is 0 Å². The molecule has 0 amide bonds. The summed E-state index contributed by atoms with van der Waals surface area (Å²) in [5.41, 5.74) is 0. The van der Waals surface area contributed by atoms with Crippen molar-refractivity contribution in [1.82, 2.24) is 14.4 Å². The molecule has 0 N–H and O–H groups in total. The molecule has 1 saturated heterocycles. The van der Waals surface area contributed by atoms with Crippen molar-refractivity contribution in [3.63, 3.8) is 0 Å². The number of hydrogen-bond acceptors (Lipinski definition) is 3. The van der Waals surface area contributed by atoms with E-state index >= 15 is 0 Å². The standard InChI is InChI=1S/C7H18BN3/c1-9(2)8-10(3)6-5-7-11(8)4/h5-7H2,1-4H3. The van der Waals surface area contributed by atoms with Gasteiger partial charge in [0, 0.05) is 0 Å². The summed E-state index contributed by atoms with van der Waals surface area (Å²) >= 11 is 0. The van der Waals surface area contributed by atoms with E-state index in [1.54, 1.807) is 0 Å². The fourth-order valence-corrected chi connectivity index (χ4v) is 1.93. The summed E-state index contributed by atoms with van der Waals surface area (Å²) in [6.45, 7) is 2.43. The summed E-state index contributed by atoms with van der Waals surface area (Å²) in [7, 11) is 9.11. The molecule has 0 bridgehead atoms. The maximum atomic E-state index is 2.38. The minimum Gasteiger partial charge on any atom is -0.319 e. The topological polar surface area (TPSA) is 9.72 Å². The van der Waals surface area contributed by atoms with Gasteiger partial charge in [0.1, 0.15) is 0 Å². The highest BCUT2D eigenvalue weighted by atomic mass is 15.3. The Balaban J connectivity index is 2.55. The first-order valence-corrected chi connectivity index (χ1v) is 4.20. The van der Waals surface area contributed by atoms with Crippen LogP contribution in [0.25, 0.3) is 0 Å². The van der Waals surface area contributed by atoms with Crippen LogP contribution in [0.2, 0.25) is 0 Å². The molecule has 1 fully saturated rings. The Morgan fingerprint density at radius 2 is 1.55 bits per heavy atom. The highest BCUT2D eigenvalue weighted by Crippen LogP contribution is 2.07. The maximum Gasteiger partial charge on any atom is 0.402 e. The van der Waals surface area contributed by atoms with Gasteiger partial charge < -0.3 is 14.4 Å². The van der Waals surface area contributed by atoms with Crippen molar-refractivity contribution in [1.29, 1.82) is 0 Å². The van der Waals surface area contributed by atoms with Crippen molar-refractivity contribution in [2.45, 2.75) is 6.42 Å². The van der Waals surface area contributed by atoms with E-state index in [4.69, 9.17) is 0 Å². The average Bonchev–Trinajstić information content (AvgIpc) is 1.85. The zero-order valence-corrected chi connectivity index (χ0v) is 8.04. The molecule has 1 rings (SSSR count). The van der Waals surface area contributed by atoms with Crippen molar-refractivity contribution in [3.8, 4) is 0 Å². The first kappa shape index (κ1) is 9.04. The first-order valence-electron chi connectivity index (χ1n) is 4.20. The molecule has 64 valence electrons. The van der Waals surface area contributed by atoms with Crippen LogP contribution < -0.4 is 0 Å². The second-order valence-electron chi connectivity index (χ2n) is 3.62. The third kappa shape index (κ3) is 1.95. The predicted molar refractivity (Wildman–Crippen MR) is 49.3 cm³/mol. The third-order valence-corrected chi connectivity index (χ3v) is 2.27. The van der Waals surface area contributed by atoms with Gasteiger partial charge in [0.05, 0.1) is 0 Å². The Morgan fingerprint density at radius 1 is 1.09 bits per heavy atom. The van der Waals surface area contributed by atoms with Crippen LogP contribution in [0.15, 0.2) is 0 Å². The van der Waals surface area contributed by atoms with Gasteiger partial charge in [0.25, 0.3) is 0 Å². The summed E-state index contributed by atoms with van der Waals surface area (Å²) in [6.07, 6.45) is 1.29. The number of nitrogens with zero attached hydrogens (tertiary/aromatic N) is 3. The van der Waals surface area contributed by atoms with Crippen LogP contribution in [-0.2, 0) is 0 Å². The van der Waals surface area contributed by atoms with Crippen molar-refractivity contribution in [2.75, 3.05) is 41.3 Å². The Hall–Kier alpha value is -0.0551. The quantitative estimate of drug-likeness (QED) is 0.485. The molecule has 0 aromatic rings. The highest BCUT2D eigenvalue weighted by Gasteiger charge is 2.31. The largest absolute Gasteiger partial charge is 0.402 e. The lowest BCUT2D eigenvalue weighted by Gasteiger charge is -2.39. The normalized spacial score (nSPS) is 23.2. The van der Waals surface area contributed by atoms with Gasteiger partial charge in [-0.15, -0.1) is 0 Å². The molecule has 0 aromatic carbocycles. The fraction of sp³-hybridized carbons (Fsp3) is 1.00. The summed E-state index contributed by atoms with van der Waals surface area (Å²) in [4.78, 5) is 7.01. The van der Waals surface area contributed by atoms with Crippen molar-refractivity contribution >= 4 is 7.12 Å². The molecule has 0 atom stereocenters. The molecule has 0 saturated carbocycles. The van der Waals surface area contributed by atoms with E-state index in [2.05, 4.69) is 42.6 Å². The molecular formula is C7H18BN3. The van der Waals surface area contributed by atoms with Crippen LogP contribution in [0.3, 0.4) is 0 Å². The molecule has 4 heteroatoms. The summed E-state index contributed by atoms with van der Waals surface area (Å²) in [5, 5.41) is 0. The van der Waals surface area contributed by atoms with Crippen molar-refractivity contribution < 1.29 is 0 Å². The minimum atomic E-state index is 0.490. The maximum absolute atomic E-state index is 2.38. The first-order chi connectivity index (χ1) is 5.13. The molecule has 3 nitrogen and oxygen atoms in total. The molecule has 0 aromatic heterocycles. The SMILES string of the molecule is CN(C)B1N(C)CCCN1C. The molecule has 0 aliphatic carbocycles. The van der Waals surface area contributed by atoms with Crippen LogP contribution in [0, 0.1) is 0 Å². The lowest BCUT2D eigenvalue weighted by Crippen LogP contribution is -2.61. The van der Waals surface area contributed by atoms with Crippen LogP contribution in [-0.4, -0.2) is 62.8 Å². The second kappa shape index (κ2) is 3.56. The molecule has 1 heterocycles. The van der Waals surface area contributed by atoms with E-state index in [1.165, 1.54) is 19.5 Å². The minimum absolute atomic E-state index is 0.490. The van der Waals surface area contributed by atoms with Gasteiger partial charge in [-0.3, -0.25) is 0 Å². The summed E-state index contributed by atoms with van der Waals surface area (Å²) in [5.74, 6) is 0. The molecule has 0 spiro atoms. The van der Waals surface area contributed by atoms with Gasteiger partial charge >= 0.3 is 7.12 Å². The van der Waals surface area contributed by atoms with Gasteiger partial charge in [-0.2, -0.15) is 0 Å². The van der Waals surface area contributed by atoms with Crippen LogP contribution in [0.5, 0.6) is 0 Å². The van der Waals surface area contributed by atoms with Crippen LogP contribution >= 0.6 is 0 Å². The second-order valence-corrected chi connectivity index (χ2v) is 3.62. The van der Waals surface area contributed by atoms with Crippen LogP contribution in [0.1, 0.15) is 6.42 Å². The average molecular weight is 155 g/mol. The molecule has 0 unspecified atom stereocenters. The van der Waals surface area contributed by atoms with Crippen LogP contribution in [0.4, 0.5) is 0 Å². The Labute approximate surface area is 70.1 Å². The zero-order valence-electron chi connectivity index (χ0n) is 8.04. The zero-order chi connectivity index (χ0) is 8.43. The third-order valence-electron chi connectivity index (χ3n) is 2.27. The lowest BCUT2D eigenvalue weighted by molar-refractivity contribution is 0.298. The van der Waals surface area contributed by atoms with E-state index in [0.717, 1.165) is 0 Å². The van der Waals surface area contributed by atoms with E-state index in [-0.39, 0.29) is 0 Å². The Morgan fingerprint density at radius 3 is 1.82 bits per heavy atom. The molecule has 1 aliphatic heterocycles.